The number of hydrogen-bond donors (Lipinski definition) is 1. The summed E-state index contributed by atoms with van der Waals surface area (Å²) in [5.74, 6) is 1.20. The second kappa shape index (κ2) is 6.76. The summed E-state index contributed by atoms with van der Waals surface area (Å²) in [6.07, 6.45) is 0.282. The van der Waals surface area contributed by atoms with Crippen molar-refractivity contribution >= 4 is 11.8 Å². The molecule has 1 rings (SSSR count). The molecule has 0 aliphatic heterocycles. The van der Waals surface area contributed by atoms with Crippen LogP contribution in [0.3, 0.4) is 0 Å². The van der Waals surface area contributed by atoms with Gasteiger partial charge < -0.3 is 9.84 Å². The fraction of sp³-hybridized carbons (Fsp3) is 0.500. The third kappa shape index (κ3) is 3.39. The molecule has 16 heavy (non-hydrogen) atoms. The van der Waals surface area contributed by atoms with Gasteiger partial charge in [-0.15, -0.1) is 0 Å². The quantitative estimate of drug-likeness (QED) is 0.780. The number of hydrogen-bond acceptors (Lipinski definition) is 3. The summed E-state index contributed by atoms with van der Waals surface area (Å²) in [6, 6.07) is 4.82. The number of rotatable bonds is 6. The van der Waals surface area contributed by atoms with Gasteiger partial charge in [-0.25, -0.2) is 4.39 Å². The Labute approximate surface area is 99.8 Å². The second-order valence-electron chi connectivity index (χ2n) is 3.45. The van der Waals surface area contributed by atoms with Crippen LogP contribution in [0.25, 0.3) is 0 Å². The maximum Gasteiger partial charge on any atom is 0.170 e. The number of aliphatic hydroxyl groups is 1. The zero-order valence-corrected chi connectivity index (χ0v) is 10.4. The first-order valence-electron chi connectivity index (χ1n) is 5.28. The highest BCUT2D eigenvalue weighted by Crippen LogP contribution is 2.27. The molecule has 0 amide bonds. The third-order valence-corrected chi connectivity index (χ3v) is 3.44. The molecule has 1 unspecified atom stereocenters. The van der Waals surface area contributed by atoms with E-state index in [-0.39, 0.29) is 5.75 Å². The molecule has 4 heteroatoms. The number of halogens is 1. The van der Waals surface area contributed by atoms with Crippen molar-refractivity contribution in [1.29, 1.82) is 0 Å². The number of benzene rings is 1. The zero-order chi connectivity index (χ0) is 12.0. The van der Waals surface area contributed by atoms with E-state index in [2.05, 4.69) is 6.92 Å². The summed E-state index contributed by atoms with van der Waals surface area (Å²) in [5.41, 5.74) is 0.308. The average molecular weight is 244 g/mol. The molecule has 0 spiro atoms. The maximum atomic E-state index is 13.7. The van der Waals surface area contributed by atoms with Gasteiger partial charge in [0.1, 0.15) is 0 Å². The van der Waals surface area contributed by atoms with Gasteiger partial charge in [0.15, 0.2) is 11.6 Å². The minimum absolute atomic E-state index is 0.178. The highest BCUT2D eigenvalue weighted by Gasteiger charge is 2.15. The number of methoxy groups -OCH3 is 1. The molecule has 0 saturated carbocycles. The normalized spacial score (nSPS) is 12.5. The van der Waals surface area contributed by atoms with Crippen molar-refractivity contribution in [2.45, 2.75) is 19.4 Å². The van der Waals surface area contributed by atoms with E-state index in [1.54, 1.807) is 30.0 Å². The Kier molecular flexibility index (Phi) is 5.63. The fourth-order valence-corrected chi connectivity index (χ4v) is 2.23. The van der Waals surface area contributed by atoms with E-state index in [9.17, 15) is 9.50 Å². The molecule has 0 radical (unpaired) electrons. The Bertz CT molecular complexity index is 331. The predicted molar refractivity (Wildman–Crippen MR) is 65.5 cm³/mol. The predicted octanol–water partition coefficient (Wildman–Crippen LogP) is 3.01. The SMILES string of the molecule is CCCSCC(O)c1cccc(OC)c1F. The zero-order valence-electron chi connectivity index (χ0n) is 9.57. The van der Waals surface area contributed by atoms with Gasteiger partial charge in [0.05, 0.1) is 13.2 Å². The maximum absolute atomic E-state index is 13.7. The van der Waals surface area contributed by atoms with Crippen LogP contribution in [0.4, 0.5) is 4.39 Å². The monoisotopic (exact) mass is 244 g/mol. The van der Waals surface area contributed by atoms with Gasteiger partial charge in [-0.1, -0.05) is 19.1 Å². The van der Waals surface area contributed by atoms with Crippen molar-refractivity contribution in [3.05, 3.63) is 29.6 Å². The van der Waals surface area contributed by atoms with Crippen LogP contribution in [0.2, 0.25) is 0 Å². The van der Waals surface area contributed by atoms with Crippen LogP contribution in [-0.4, -0.2) is 23.7 Å². The highest BCUT2D eigenvalue weighted by atomic mass is 32.2. The van der Waals surface area contributed by atoms with Gasteiger partial charge in [-0.05, 0) is 18.2 Å². The molecular formula is C12H17FO2S. The Balaban J connectivity index is 2.71. The molecule has 0 aromatic heterocycles. The molecule has 1 aromatic rings. The molecule has 1 atom stereocenters. The lowest BCUT2D eigenvalue weighted by atomic mass is 10.1. The van der Waals surface area contributed by atoms with Crippen LogP contribution in [0.15, 0.2) is 18.2 Å². The largest absolute Gasteiger partial charge is 0.494 e. The molecule has 2 nitrogen and oxygen atoms in total. The molecule has 0 saturated heterocycles. The van der Waals surface area contributed by atoms with Crippen LogP contribution in [0, 0.1) is 5.82 Å². The Hall–Kier alpha value is -0.740. The number of aliphatic hydroxyl groups excluding tert-OH is 1. The smallest absolute Gasteiger partial charge is 0.170 e. The van der Waals surface area contributed by atoms with Crippen molar-refractivity contribution in [3.8, 4) is 5.75 Å². The van der Waals surface area contributed by atoms with Gasteiger partial charge in [0.2, 0.25) is 0 Å². The van der Waals surface area contributed by atoms with Crippen LogP contribution >= 0.6 is 11.8 Å². The van der Waals surface area contributed by atoms with E-state index in [1.807, 2.05) is 0 Å². The minimum Gasteiger partial charge on any atom is -0.494 e. The Morgan fingerprint density at radius 3 is 2.88 bits per heavy atom. The summed E-state index contributed by atoms with van der Waals surface area (Å²) in [6.45, 7) is 2.07. The fourth-order valence-electron chi connectivity index (χ4n) is 1.37. The van der Waals surface area contributed by atoms with Gasteiger partial charge in [0, 0.05) is 11.3 Å². The topological polar surface area (TPSA) is 29.5 Å². The van der Waals surface area contributed by atoms with Crippen molar-refractivity contribution < 1.29 is 14.2 Å². The number of ether oxygens (including phenoxy) is 1. The van der Waals surface area contributed by atoms with Crippen LogP contribution in [0.5, 0.6) is 5.75 Å². The highest BCUT2D eigenvalue weighted by molar-refractivity contribution is 7.99. The molecule has 1 aromatic carbocycles. The first-order chi connectivity index (χ1) is 7.70. The van der Waals surface area contributed by atoms with Gasteiger partial charge in [-0.2, -0.15) is 11.8 Å². The van der Waals surface area contributed by atoms with E-state index < -0.39 is 11.9 Å². The summed E-state index contributed by atoms with van der Waals surface area (Å²) in [7, 11) is 1.42. The Morgan fingerprint density at radius 2 is 2.25 bits per heavy atom. The van der Waals surface area contributed by atoms with Crippen LogP contribution in [0.1, 0.15) is 25.0 Å². The molecule has 90 valence electrons. The van der Waals surface area contributed by atoms with E-state index >= 15 is 0 Å². The van der Waals surface area contributed by atoms with Crippen LogP contribution < -0.4 is 4.74 Å². The third-order valence-electron chi connectivity index (χ3n) is 2.20. The van der Waals surface area contributed by atoms with E-state index in [0.717, 1.165) is 12.2 Å². The minimum atomic E-state index is -0.772. The second-order valence-corrected chi connectivity index (χ2v) is 4.60. The lowest BCUT2D eigenvalue weighted by Crippen LogP contribution is -2.05. The summed E-state index contributed by atoms with van der Waals surface area (Å²) >= 11 is 1.62. The van der Waals surface area contributed by atoms with E-state index in [1.165, 1.54) is 7.11 Å². The molecule has 1 N–H and O–H groups in total. The standard InChI is InChI=1S/C12H17FO2S/c1-3-7-16-8-10(14)9-5-4-6-11(15-2)12(9)13/h4-6,10,14H,3,7-8H2,1-2H3. The molecule has 0 fully saturated rings. The molecular weight excluding hydrogens is 227 g/mol. The van der Waals surface area contributed by atoms with Crippen LogP contribution in [-0.2, 0) is 0 Å². The average Bonchev–Trinajstić information content (AvgIpc) is 2.29. The first-order valence-corrected chi connectivity index (χ1v) is 6.44. The molecule has 0 aliphatic rings. The van der Waals surface area contributed by atoms with Crippen molar-refractivity contribution in [3.63, 3.8) is 0 Å². The van der Waals surface area contributed by atoms with Gasteiger partial charge in [0.25, 0.3) is 0 Å². The first kappa shape index (κ1) is 13.3. The lowest BCUT2D eigenvalue weighted by Gasteiger charge is -2.13. The van der Waals surface area contributed by atoms with E-state index in [4.69, 9.17) is 4.74 Å². The lowest BCUT2D eigenvalue weighted by molar-refractivity contribution is 0.197. The van der Waals surface area contributed by atoms with Gasteiger partial charge in [-0.3, -0.25) is 0 Å². The molecule has 0 aliphatic carbocycles. The molecule has 0 bridgehead atoms. The summed E-state index contributed by atoms with van der Waals surface area (Å²) in [4.78, 5) is 0. The van der Waals surface area contributed by atoms with Crippen molar-refractivity contribution in [2.75, 3.05) is 18.6 Å². The van der Waals surface area contributed by atoms with Crippen molar-refractivity contribution in [2.24, 2.45) is 0 Å². The summed E-state index contributed by atoms with van der Waals surface area (Å²) in [5, 5.41) is 9.83. The van der Waals surface area contributed by atoms with Gasteiger partial charge >= 0.3 is 0 Å². The van der Waals surface area contributed by atoms with Crippen molar-refractivity contribution in [1.82, 2.24) is 0 Å². The molecule has 0 heterocycles. The summed E-state index contributed by atoms with van der Waals surface area (Å²) < 4.78 is 18.6. The number of thioether (sulfide) groups is 1. The Morgan fingerprint density at radius 1 is 1.50 bits per heavy atom. The van der Waals surface area contributed by atoms with E-state index in [0.29, 0.717) is 11.3 Å².